The Morgan fingerprint density at radius 2 is 2.24 bits per heavy atom. The molecule has 1 aromatic heterocycles. The Balaban J connectivity index is 1.97. The van der Waals surface area contributed by atoms with Crippen LogP contribution < -0.4 is 11.1 Å². The molecule has 1 aromatic carbocycles. The van der Waals surface area contributed by atoms with Crippen molar-refractivity contribution in [3.8, 4) is 0 Å². The number of fused-ring (bicyclic) bond motifs is 1. The summed E-state index contributed by atoms with van der Waals surface area (Å²) in [5, 5.41) is 4.07. The number of hydrogen-bond acceptors (Lipinski definition) is 3. The van der Waals surface area contributed by atoms with Crippen molar-refractivity contribution in [2.75, 3.05) is 20.3 Å². The lowest BCUT2D eigenvalue weighted by Gasteiger charge is -2.10. The van der Waals surface area contributed by atoms with Crippen molar-refractivity contribution in [1.29, 1.82) is 0 Å². The number of nitrogens with one attached hydrogen (secondary N) is 2. The number of aryl methyl sites for hydroxylation is 1. The minimum absolute atomic E-state index is 0.175. The number of H-pyrrole nitrogens is 1. The standard InChI is InChI=1S/C16H23N3O2/c1-3-11-5-4-6-13-12(9-19-15(11)13)7-8-18-16(20)14(17)10-21-2/h4-6,9,14,19H,3,7-8,10,17H2,1-2H3,(H,18,20). The second-order valence-corrected chi connectivity index (χ2v) is 5.11. The molecule has 0 fully saturated rings. The first kappa shape index (κ1) is 15.5. The molecule has 0 spiro atoms. The van der Waals surface area contributed by atoms with Gasteiger partial charge in [-0.15, -0.1) is 0 Å². The lowest BCUT2D eigenvalue weighted by Crippen LogP contribution is -2.44. The van der Waals surface area contributed by atoms with Crippen LogP contribution in [0.25, 0.3) is 10.9 Å². The Morgan fingerprint density at radius 3 is 2.95 bits per heavy atom. The van der Waals surface area contributed by atoms with Crippen LogP contribution in [0.3, 0.4) is 0 Å². The number of para-hydroxylation sites is 1. The zero-order valence-electron chi connectivity index (χ0n) is 12.6. The molecule has 5 heteroatoms. The molecule has 2 rings (SSSR count). The maximum Gasteiger partial charge on any atom is 0.239 e. The first-order chi connectivity index (χ1) is 10.2. The Hall–Kier alpha value is -1.85. The summed E-state index contributed by atoms with van der Waals surface area (Å²) in [5.74, 6) is -0.175. The van der Waals surface area contributed by atoms with Gasteiger partial charge in [-0.3, -0.25) is 4.79 Å². The van der Waals surface area contributed by atoms with Gasteiger partial charge >= 0.3 is 0 Å². The topological polar surface area (TPSA) is 80.1 Å². The third-order valence-electron chi connectivity index (χ3n) is 3.64. The summed E-state index contributed by atoms with van der Waals surface area (Å²) in [6.07, 6.45) is 3.80. The Morgan fingerprint density at radius 1 is 1.43 bits per heavy atom. The first-order valence-corrected chi connectivity index (χ1v) is 7.27. The smallest absolute Gasteiger partial charge is 0.239 e. The van der Waals surface area contributed by atoms with Crippen LogP contribution >= 0.6 is 0 Å². The molecule has 114 valence electrons. The third kappa shape index (κ3) is 3.62. The predicted molar refractivity (Wildman–Crippen MR) is 84.2 cm³/mol. The van der Waals surface area contributed by atoms with Crippen molar-refractivity contribution in [3.05, 3.63) is 35.5 Å². The molecule has 0 saturated heterocycles. The van der Waals surface area contributed by atoms with Gasteiger partial charge in [0.05, 0.1) is 6.61 Å². The van der Waals surface area contributed by atoms with E-state index in [0.29, 0.717) is 6.54 Å². The Labute approximate surface area is 124 Å². The van der Waals surface area contributed by atoms with Gasteiger partial charge in [-0.25, -0.2) is 0 Å². The van der Waals surface area contributed by atoms with E-state index in [1.54, 1.807) is 0 Å². The average molecular weight is 289 g/mol. The number of nitrogens with two attached hydrogens (primary N) is 1. The summed E-state index contributed by atoms with van der Waals surface area (Å²) in [4.78, 5) is 15.0. The molecule has 1 unspecified atom stereocenters. The highest BCUT2D eigenvalue weighted by Crippen LogP contribution is 2.22. The number of carbonyl (C=O) groups is 1. The number of amides is 1. The van der Waals surface area contributed by atoms with Gasteiger partial charge in [0.1, 0.15) is 6.04 Å². The van der Waals surface area contributed by atoms with Crippen LogP contribution in [0.1, 0.15) is 18.1 Å². The molecule has 0 aliphatic carbocycles. The Kier molecular flexibility index (Phi) is 5.36. The number of carbonyl (C=O) groups excluding carboxylic acids is 1. The molecule has 0 radical (unpaired) electrons. The number of aromatic amines is 1. The van der Waals surface area contributed by atoms with E-state index in [9.17, 15) is 4.79 Å². The van der Waals surface area contributed by atoms with E-state index in [1.807, 2.05) is 6.20 Å². The molecule has 5 nitrogen and oxygen atoms in total. The van der Waals surface area contributed by atoms with Gasteiger partial charge in [-0.1, -0.05) is 25.1 Å². The van der Waals surface area contributed by atoms with Crippen molar-refractivity contribution >= 4 is 16.8 Å². The van der Waals surface area contributed by atoms with E-state index >= 15 is 0 Å². The van der Waals surface area contributed by atoms with Crippen molar-refractivity contribution in [2.24, 2.45) is 5.73 Å². The SMILES string of the molecule is CCc1cccc2c(CCNC(=O)C(N)COC)c[nH]c12. The van der Waals surface area contributed by atoms with E-state index in [2.05, 4.69) is 35.4 Å². The van der Waals surface area contributed by atoms with Gasteiger partial charge in [0.15, 0.2) is 0 Å². The normalized spacial score (nSPS) is 12.5. The molecular formula is C16H23N3O2. The second-order valence-electron chi connectivity index (χ2n) is 5.11. The van der Waals surface area contributed by atoms with Crippen molar-refractivity contribution in [3.63, 3.8) is 0 Å². The molecule has 21 heavy (non-hydrogen) atoms. The first-order valence-electron chi connectivity index (χ1n) is 7.27. The van der Waals surface area contributed by atoms with Crippen LogP contribution in [-0.2, 0) is 22.4 Å². The van der Waals surface area contributed by atoms with Gasteiger partial charge in [0.2, 0.25) is 5.91 Å². The van der Waals surface area contributed by atoms with Crippen LogP contribution in [-0.4, -0.2) is 37.2 Å². The fourth-order valence-electron chi connectivity index (χ4n) is 2.48. The molecule has 1 atom stereocenters. The number of ether oxygens (including phenoxy) is 1. The summed E-state index contributed by atoms with van der Waals surface area (Å²) < 4.78 is 4.87. The molecular weight excluding hydrogens is 266 g/mol. The van der Waals surface area contributed by atoms with E-state index in [1.165, 1.54) is 29.1 Å². The van der Waals surface area contributed by atoms with Crippen LogP contribution in [0.5, 0.6) is 0 Å². The van der Waals surface area contributed by atoms with E-state index in [0.717, 1.165) is 12.8 Å². The molecule has 0 aliphatic rings. The van der Waals surface area contributed by atoms with Gasteiger partial charge in [0.25, 0.3) is 0 Å². The lowest BCUT2D eigenvalue weighted by molar-refractivity contribution is -0.123. The number of rotatable bonds is 7. The minimum Gasteiger partial charge on any atom is -0.383 e. The number of methoxy groups -OCH3 is 1. The maximum absolute atomic E-state index is 11.7. The molecule has 1 heterocycles. The fraction of sp³-hybridized carbons (Fsp3) is 0.438. The maximum atomic E-state index is 11.7. The number of aromatic nitrogens is 1. The van der Waals surface area contributed by atoms with Gasteiger partial charge in [0, 0.05) is 30.8 Å². The summed E-state index contributed by atoms with van der Waals surface area (Å²) in [6.45, 7) is 2.95. The zero-order valence-corrected chi connectivity index (χ0v) is 12.6. The van der Waals surface area contributed by atoms with Gasteiger partial charge in [-0.05, 0) is 24.0 Å². The van der Waals surface area contributed by atoms with Crippen molar-refractivity contribution in [1.82, 2.24) is 10.3 Å². The largest absolute Gasteiger partial charge is 0.383 e. The van der Waals surface area contributed by atoms with Crippen LogP contribution in [0, 0.1) is 0 Å². The van der Waals surface area contributed by atoms with Crippen LogP contribution in [0.15, 0.2) is 24.4 Å². The van der Waals surface area contributed by atoms with Crippen LogP contribution in [0.4, 0.5) is 0 Å². The van der Waals surface area contributed by atoms with E-state index in [-0.39, 0.29) is 12.5 Å². The summed E-state index contributed by atoms with van der Waals surface area (Å²) in [5.41, 5.74) is 9.38. The second kappa shape index (κ2) is 7.24. The monoisotopic (exact) mass is 289 g/mol. The minimum atomic E-state index is -0.607. The third-order valence-corrected chi connectivity index (χ3v) is 3.64. The molecule has 1 amide bonds. The highest BCUT2D eigenvalue weighted by Gasteiger charge is 2.12. The quantitative estimate of drug-likeness (QED) is 0.720. The zero-order chi connectivity index (χ0) is 15.2. The highest BCUT2D eigenvalue weighted by atomic mass is 16.5. The van der Waals surface area contributed by atoms with Gasteiger partial charge < -0.3 is 20.8 Å². The van der Waals surface area contributed by atoms with Crippen molar-refractivity contribution < 1.29 is 9.53 Å². The van der Waals surface area contributed by atoms with E-state index < -0.39 is 6.04 Å². The van der Waals surface area contributed by atoms with Gasteiger partial charge in [-0.2, -0.15) is 0 Å². The van der Waals surface area contributed by atoms with E-state index in [4.69, 9.17) is 10.5 Å². The predicted octanol–water partition coefficient (Wildman–Crippen LogP) is 1.36. The number of benzene rings is 1. The Bertz CT molecular complexity index is 607. The average Bonchev–Trinajstić information content (AvgIpc) is 2.90. The molecule has 4 N–H and O–H groups in total. The summed E-state index contributed by atoms with van der Waals surface area (Å²) in [6, 6.07) is 5.71. The summed E-state index contributed by atoms with van der Waals surface area (Å²) in [7, 11) is 1.53. The lowest BCUT2D eigenvalue weighted by atomic mass is 10.1. The molecule has 0 bridgehead atoms. The number of hydrogen-bond donors (Lipinski definition) is 3. The van der Waals surface area contributed by atoms with Crippen molar-refractivity contribution in [2.45, 2.75) is 25.8 Å². The van der Waals surface area contributed by atoms with Crippen LogP contribution in [0.2, 0.25) is 0 Å². The molecule has 0 aliphatic heterocycles. The molecule has 0 saturated carbocycles. The highest BCUT2D eigenvalue weighted by molar-refractivity contribution is 5.86. The molecule has 2 aromatic rings. The fourth-order valence-corrected chi connectivity index (χ4v) is 2.48. The summed E-state index contributed by atoms with van der Waals surface area (Å²) >= 11 is 0.